The summed E-state index contributed by atoms with van der Waals surface area (Å²) in [6.07, 6.45) is 3.49. The maximum Gasteiger partial charge on any atom is 0.222 e. The molecule has 1 aliphatic heterocycles. The predicted octanol–water partition coefficient (Wildman–Crippen LogP) is 1.97. The molecule has 0 aliphatic carbocycles. The summed E-state index contributed by atoms with van der Waals surface area (Å²) in [5.74, 6) is 1.52. The fraction of sp³-hybridized carbons (Fsp3) is 0.412. The minimum absolute atomic E-state index is 0.244. The van der Waals surface area contributed by atoms with E-state index in [1.165, 1.54) is 5.56 Å². The Labute approximate surface area is 136 Å². The lowest BCUT2D eigenvalue weighted by Gasteiger charge is -2.35. The van der Waals surface area contributed by atoms with Crippen molar-refractivity contribution in [3.63, 3.8) is 0 Å². The van der Waals surface area contributed by atoms with Crippen LogP contribution in [0.15, 0.2) is 42.7 Å². The van der Waals surface area contributed by atoms with E-state index in [0.717, 1.165) is 38.6 Å². The summed E-state index contributed by atoms with van der Waals surface area (Å²) < 4.78 is 10.7. The molecule has 0 radical (unpaired) electrons. The third-order valence-corrected chi connectivity index (χ3v) is 4.01. The fourth-order valence-corrected chi connectivity index (χ4v) is 2.75. The van der Waals surface area contributed by atoms with Crippen LogP contribution in [-0.4, -0.2) is 54.8 Å². The smallest absolute Gasteiger partial charge is 0.222 e. The Morgan fingerprint density at radius 2 is 1.87 bits per heavy atom. The number of nitrogens with one attached hydrogen (secondary N) is 1. The van der Waals surface area contributed by atoms with E-state index in [1.54, 1.807) is 19.5 Å². The number of hydrogen-bond acceptors (Lipinski definition) is 6. The lowest BCUT2D eigenvalue weighted by molar-refractivity contribution is 0.0187. The van der Waals surface area contributed by atoms with Gasteiger partial charge in [-0.3, -0.25) is 4.90 Å². The lowest BCUT2D eigenvalue weighted by atomic mass is 10.0. The van der Waals surface area contributed by atoms with Gasteiger partial charge in [0.2, 0.25) is 5.95 Å². The number of methoxy groups -OCH3 is 1. The summed E-state index contributed by atoms with van der Waals surface area (Å²) in [6, 6.07) is 10.3. The van der Waals surface area contributed by atoms with Gasteiger partial charge in [-0.15, -0.1) is 0 Å². The minimum Gasteiger partial charge on any atom is -0.497 e. The molecule has 122 valence electrons. The second kappa shape index (κ2) is 7.89. The quantitative estimate of drug-likeness (QED) is 0.880. The van der Waals surface area contributed by atoms with Crippen LogP contribution in [0.1, 0.15) is 11.6 Å². The standard InChI is InChI=1S/C17H22N4O2/c1-22-15-5-3-14(4-6-15)16(21-9-11-23-12-10-21)13-20-17-18-7-2-8-19-17/h2-8,16H,9-13H2,1H3,(H,18,19,20)/t16-/m0/s1. The fourth-order valence-electron chi connectivity index (χ4n) is 2.75. The van der Waals surface area contributed by atoms with Gasteiger partial charge in [0.05, 0.1) is 26.4 Å². The first-order chi connectivity index (χ1) is 11.4. The Morgan fingerprint density at radius 1 is 1.17 bits per heavy atom. The first kappa shape index (κ1) is 15.7. The number of anilines is 1. The van der Waals surface area contributed by atoms with Gasteiger partial charge in [-0.25, -0.2) is 9.97 Å². The highest BCUT2D eigenvalue weighted by molar-refractivity contribution is 5.31. The molecule has 6 heteroatoms. The number of hydrogen-bond donors (Lipinski definition) is 1. The van der Waals surface area contributed by atoms with Crippen molar-refractivity contribution < 1.29 is 9.47 Å². The minimum atomic E-state index is 0.244. The van der Waals surface area contributed by atoms with E-state index in [2.05, 4.69) is 32.3 Å². The van der Waals surface area contributed by atoms with Gasteiger partial charge < -0.3 is 14.8 Å². The maximum absolute atomic E-state index is 5.48. The van der Waals surface area contributed by atoms with Crippen molar-refractivity contribution in [3.05, 3.63) is 48.3 Å². The van der Waals surface area contributed by atoms with Crippen molar-refractivity contribution in [1.82, 2.24) is 14.9 Å². The van der Waals surface area contributed by atoms with Crippen LogP contribution in [0, 0.1) is 0 Å². The average molecular weight is 314 g/mol. The summed E-state index contributed by atoms with van der Waals surface area (Å²) in [6.45, 7) is 4.14. The summed E-state index contributed by atoms with van der Waals surface area (Å²) in [4.78, 5) is 10.9. The van der Waals surface area contributed by atoms with Gasteiger partial charge in [0.1, 0.15) is 5.75 Å². The Balaban J connectivity index is 1.74. The molecular formula is C17H22N4O2. The summed E-state index contributed by atoms with van der Waals surface area (Å²) in [5.41, 5.74) is 1.25. The second-order valence-corrected chi connectivity index (χ2v) is 5.39. The first-order valence-electron chi connectivity index (χ1n) is 7.83. The first-order valence-corrected chi connectivity index (χ1v) is 7.83. The number of nitrogens with zero attached hydrogens (tertiary/aromatic N) is 3. The van der Waals surface area contributed by atoms with E-state index in [4.69, 9.17) is 9.47 Å². The average Bonchev–Trinajstić information content (AvgIpc) is 2.64. The van der Waals surface area contributed by atoms with E-state index in [-0.39, 0.29) is 6.04 Å². The van der Waals surface area contributed by atoms with Crippen molar-refractivity contribution in [2.75, 3.05) is 45.3 Å². The lowest BCUT2D eigenvalue weighted by Crippen LogP contribution is -2.41. The van der Waals surface area contributed by atoms with Crippen LogP contribution in [0.5, 0.6) is 5.75 Å². The van der Waals surface area contributed by atoms with Crippen LogP contribution < -0.4 is 10.1 Å². The summed E-state index contributed by atoms with van der Waals surface area (Å²) in [7, 11) is 1.68. The van der Waals surface area contributed by atoms with Crippen molar-refractivity contribution in [2.24, 2.45) is 0 Å². The van der Waals surface area contributed by atoms with Gasteiger partial charge in [0.25, 0.3) is 0 Å². The van der Waals surface area contributed by atoms with E-state index >= 15 is 0 Å². The Kier molecular flexibility index (Phi) is 5.39. The Bertz CT molecular complexity index is 585. The van der Waals surface area contributed by atoms with Gasteiger partial charge in [-0.05, 0) is 23.8 Å². The molecule has 1 aliphatic rings. The normalized spacial score (nSPS) is 16.7. The molecule has 0 saturated carbocycles. The second-order valence-electron chi connectivity index (χ2n) is 5.39. The van der Waals surface area contributed by atoms with Gasteiger partial charge >= 0.3 is 0 Å². The number of rotatable bonds is 6. The molecule has 0 unspecified atom stereocenters. The van der Waals surface area contributed by atoms with E-state index < -0.39 is 0 Å². The van der Waals surface area contributed by atoms with E-state index in [0.29, 0.717) is 5.95 Å². The van der Waals surface area contributed by atoms with Gasteiger partial charge in [0.15, 0.2) is 0 Å². The van der Waals surface area contributed by atoms with Gasteiger partial charge in [-0.2, -0.15) is 0 Å². The van der Waals surface area contributed by atoms with E-state index in [9.17, 15) is 0 Å². The number of ether oxygens (including phenoxy) is 2. The van der Waals surface area contributed by atoms with Crippen molar-refractivity contribution >= 4 is 5.95 Å². The zero-order valence-electron chi connectivity index (χ0n) is 13.3. The van der Waals surface area contributed by atoms with Crippen molar-refractivity contribution in [1.29, 1.82) is 0 Å². The molecule has 2 heterocycles. The van der Waals surface area contributed by atoms with Gasteiger partial charge in [-0.1, -0.05) is 12.1 Å². The maximum atomic E-state index is 5.48. The molecule has 1 atom stereocenters. The highest BCUT2D eigenvalue weighted by Crippen LogP contribution is 2.24. The third-order valence-electron chi connectivity index (χ3n) is 4.01. The molecule has 1 aromatic carbocycles. The monoisotopic (exact) mass is 314 g/mol. The van der Waals surface area contributed by atoms with E-state index in [1.807, 2.05) is 18.2 Å². The molecule has 1 aromatic heterocycles. The van der Waals surface area contributed by atoms with Crippen LogP contribution in [-0.2, 0) is 4.74 Å². The molecule has 0 amide bonds. The molecule has 1 N–H and O–H groups in total. The largest absolute Gasteiger partial charge is 0.497 e. The van der Waals surface area contributed by atoms with Crippen molar-refractivity contribution in [2.45, 2.75) is 6.04 Å². The molecule has 1 fully saturated rings. The van der Waals surface area contributed by atoms with Gasteiger partial charge in [0, 0.05) is 32.0 Å². The number of aromatic nitrogens is 2. The summed E-state index contributed by atoms with van der Waals surface area (Å²) >= 11 is 0. The van der Waals surface area contributed by atoms with Crippen LogP contribution in [0.3, 0.4) is 0 Å². The molecule has 6 nitrogen and oxygen atoms in total. The Morgan fingerprint density at radius 3 is 2.52 bits per heavy atom. The topological polar surface area (TPSA) is 59.5 Å². The predicted molar refractivity (Wildman–Crippen MR) is 88.6 cm³/mol. The molecule has 23 heavy (non-hydrogen) atoms. The highest BCUT2D eigenvalue weighted by Gasteiger charge is 2.22. The molecule has 0 spiro atoms. The zero-order chi connectivity index (χ0) is 15.9. The number of morpholine rings is 1. The van der Waals surface area contributed by atoms with Crippen LogP contribution in [0.25, 0.3) is 0 Å². The Hall–Kier alpha value is -2.18. The SMILES string of the molecule is COc1ccc([C@H](CNc2ncccn2)N2CCOCC2)cc1. The van der Waals surface area contributed by atoms with Crippen LogP contribution in [0.2, 0.25) is 0 Å². The van der Waals surface area contributed by atoms with Crippen LogP contribution >= 0.6 is 0 Å². The number of benzene rings is 1. The molecule has 2 aromatic rings. The molecule has 0 bridgehead atoms. The molecular weight excluding hydrogens is 292 g/mol. The van der Waals surface area contributed by atoms with Crippen molar-refractivity contribution in [3.8, 4) is 5.75 Å². The molecule has 3 rings (SSSR count). The third kappa shape index (κ3) is 4.18. The molecule has 1 saturated heterocycles. The summed E-state index contributed by atoms with van der Waals surface area (Å²) in [5, 5.41) is 3.33. The zero-order valence-corrected chi connectivity index (χ0v) is 13.3. The van der Waals surface area contributed by atoms with Crippen LogP contribution in [0.4, 0.5) is 5.95 Å². The highest BCUT2D eigenvalue weighted by atomic mass is 16.5.